The lowest BCUT2D eigenvalue weighted by Gasteiger charge is -2.38. The summed E-state index contributed by atoms with van der Waals surface area (Å²) in [4.78, 5) is 14.7. The van der Waals surface area contributed by atoms with Crippen molar-refractivity contribution in [2.24, 2.45) is 0 Å². The van der Waals surface area contributed by atoms with Gasteiger partial charge < -0.3 is 15.3 Å². The van der Waals surface area contributed by atoms with Gasteiger partial charge in [0.05, 0.1) is 12.1 Å². The number of aliphatic hydroxyl groups excluding tert-OH is 1. The highest BCUT2D eigenvalue weighted by atomic mass is 16.3. The second-order valence-electron chi connectivity index (χ2n) is 8.35. The third-order valence-corrected chi connectivity index (χ3v) is 5.08. The quantitative estimate of drug-likeness (QED) is 0.589. The molecule has 0 aromatic carbocycles. The van der Waals surface area contributed by atoms with Gasteiger partial charge >= 0.3 is 6.03 Å². The Hall–Kier alpha value is -0.770. The molecule has 0 saturated heterocycles. The first-order chi connectivity index (χ1) is 11.4. The molecule has 0 radical (unpaired) electrons. The number of amides is 2. The maximum Gasteiger partial charge on any atom is 0.318 e. The fourth-order valence-electron chi connectivity index (χ4n) is 3.48. The first-order valence-electron chi connectivity index (χ1n) is 10.1. The largest absolute Gasteiger partial charge is 0.391 e. The molecule has 1 aliphatic rings. The average Bonchev–Trinajstić information content (AvgIpc) is 2.51. The minimum atomic E-state index is -0.386. The molecule has 1 saturated carbocycles. The Kier molecular flexibility index (Phi) is 9.72. The minimum Gasteiger partial charge on any atom is -0.391 e. The van der Waals surface area contributed by atoms with Crippen molar-refractivity contribution in [1.82, 2.24) is 10.2 Å². The van der Waals surface area contributed by atoms with E-state index in [1.54, 1.807) is 0 Å². The van der Waals surface area contributed by atoms with Gasteiger partial charge in [-0.3, -0.25) is 0 Å². The van der Waals surface area contributed by atoms with Crippen molar-refractivity contribution in [3.8, 4) is 0 Å². The molecule has 24 heavy (non-hydrogen) atoms. The number of rotatable bonds is 9. The van der Waals surface area contributed by atoms with Crippen LogP contribution in [0, 0.1) is 0 Å². The van der Waals surface area contributed by atoms with Crippen molar-refractivity contribution >= 4 is 6.03 Å². The van der Waals surface area contributed by atoms with Crippen LogP contribution in [-0.2, 0) is 0 Å². The van der Waals surface area contributed by atoms with E-state index < -0.39 is 0 Å². The SMILES string of the molecule is CCCCCCCCCN(C(=O)NC1CCCCC1O)C(C)(C)C. The van der Waals surface area contributed by atoms with Crippen LogP contribution in [0.1, 0.15) is 98.3 Å². The molecule has 1 fully saturated rings. The molecule has 2 atom stereocenters. The zero-order valence-electron chi connectivity index (χ0n) is 16.4. The van der Waals surface area contributed by atoms with Crippen LogP contribution < -0.4 is 5.32 Å². The normalized spacial score (nSPS) is 21.5. The molecule has 1 rings (SSSR count). The van der Waals surface area contributed by atoms with Crippen LogP contribution in [-0.4, -0.2) is 40.3 Å². The van der Waals surface area contributed by atoms with Crippen molar-refractivity contribution in [2.75, 3.05) is 6.54 Å². The van der Waals surface area contributed by atoms with Crippen molar-refractivity contribution in [1.29, 1.82) is 0 Å². The van der Waals surface area contributed by atoms with Crippen LogP contribution in [0.5, 0.6) is 0 Å². The molecule has 4 heteroatoms. The summed E-state index contributed by atoms with van der Waals surface area (Å²) < 4.78 is 0. The van der Waals surface area contributed by atoms with Gasteiger partial charge in [0.2, 0.25) is 0 Å². The van der Waals surface area contributed by atoms with Gasteiger partial charge in [-0.05, 0) is 40.0 Å². The van der Waals surface area contributed by atoms with E-state index in [2.05, 4.69) is 33.0 Å². The fraction of sp³-hybridized carbons (Fsp3) is 0.950. The Morgan fingerprint density at radius 1 is 1.04 bits per heavy atom. The maximum absolute atomic E-state index is 12.7. The highest BCUT2D eigenvalue weighted by Crippen LogP contribution is 2.20. The summed E-state index contributed by atoms with van der Waals surface area (Å²) in [6, 6.07) is -0.0930. The van der Waals surface area contributed by atoms with E-state index in [9.17, 15) is 9.90 Å². The summed E-state index contributed by atoms with van der Waals surface area (Å²) in [6.45, 7) is 9.30. The molecular formula is C20H40N2O2. The summed E-state index contributed by atoms with van der Waals surface area (Å²) in [5.74, 6) is 0. The van der Waals surface area contributed by atoms with Gasteiger partial charge in [0.1, 0.15) is 0 Å². The van der Waals surface area contributed by atoms with E-state index in [0.717, 1.165) is 38.6 Å². The molecule has 4 nitrogen and oxygen atoms in total. The third-order valence-electron chi connectivity index (χ3n) is 5.08. The Bertz CT molecular complexity index is 352. The smallest absolute Gasteiger partial charge is 0.318 e. The third kappa shape index (κ3) is 7.87. The molecule has 1 aliphatic carbocycles. The van der Waals surface area contributed by atoms with Crippen molar-refractivity contribution in [2.45, 2.75) is 116 Å². The maximum atomic E-state index is 12.7. The first-order valence-corrected chi connectivity index (χ1v) is 10.1. The van der Waals surface area contributed by atoms with E-state index in [-0.39, 0.29) is 23.7 Å². The van der Waals surface area contributed by atoms with Crippen LogP contribution in [0.15, 0.2) is 0 Å². The Balaban J connectivity index is 2.39. The van der Waals surface area contributed by atoms with E-state index in [1.165, 1.54) is 38.5 Å². The molecule has 2 unspecified atom stereocenters. The van der Waals surface area contributed by atoms with Crippen LogP contribution in [0.4, 0.5) is 4.79 Å². The Morgan fingerprint density at radius 3 is 2.21 bits per heavy atom. The second kappa shape index (κ2) is 11.0. The van der Waals surface area contributed by atoms with Crippen molar-refractivity contribution < 1.29 is 9.90 Å². The monoisotopic (exact) mass is 340 g/mol. The molecule has 0 bridgehead atoms. The van der Waals surface area contributed by atoms with Gasteiger partial charge in [-0.1, -0.05) is 58.3 Å². The van der Waals surface area contributed by atoms with Crippen LogP contribution in [0.3, 0.4) is 0 Å². The molecule has 0 aliphatic heterocycles. The molecule has 142 valence electrons. The second-order valence-corrected chi connectivity index (χ2v) is 8.35. The molecule has 0 aromatic heterocycles. The average molecular weight is 341 g/mol. The molecule has 0 spiro atoms. The summed E-state index contributed by atoms with van der Waals surface area (Å²) >= 11 is 0. The summed E-state index contributed by atoms with van der Waals surface area (Å²) in [7, 11) is 0. The number of nitrogens with zero attached hydrogens (tertiary/aromatic N) is 1. The van der Waals surface area contributed by atoms with Gasteiger partial charge in [-0.15, -0.1) is 0 Å². The number of unbranched alkanes of at least 4 members (excludes halogenated alkanes) is 6. The molecule has 0 aromatic rings. The standard InChI is InChI=1S/C20H40N2O2/c1-5-6-7-8-9-10-13-16-22(20(2,3)4)19(24)21-17-14-11-12-15-18(17)23/h17-18,23H,5-16H2,1-4H3,(H,21,24). The van der Waals surface area contributed by atoms with Gasteiger partial charge in [0, 0.05) is 12.1 Å². The number of nitrogens with one attached hydrogen (secondary N) is 1. The van der Waals surface area contributed by atoms with Gasteiger partial charge in [0.15, 0.2) is 0 Å². The van der Waals surface area contributed by atoms with Gasteiger partial charge in [-0.25, -0.2) is 4.79 Å². The number of aliphatic hydroxyl groups is 1. The first kappa shape index (κ1) is 21.3. The predicted molar refractivity (Wildman–Crippen MR) is 101 cm³/mol. The highest BCUT2D eigenvalue weighted by molar-refractivity contribution is 5.75. The van der Waals surface area contributed by atoms with Gasteiger partial charge in [-0.2, -0.15) is 0 Å². The van der Waals surface area contributed by atoms with E-state index in [4.69, 9.17) is 0 Å². The molecule has 0 heterocycles. The number of hydrogen-bond acceptors (Lipinski definition) is 2. The lowest BCUT2D eigenvalue weighted by Crippen LogP contribution is -2.55. The van der Waals surface area contributed by atoms with E-state index in [1.807, 2.05) is 4.90 Å². The fourth-order valence-corrected chi connectivity index (χ4v) is 3.48. The predicted octanol–water partition coefficient (Wildman–Crippen LogP) is 4.85. The Morgan fingerprint density at radius 2 is 1.62 bits per heavy atom. The highest BCUT2D eigenvalue weighted by Gasteiger charge is 2.30. The number of urea groups is 1. The summed E-state index contributed by atoms with van der Waals surface area (Å²) in [5, 5.41) is 13.2. The Labute approximate surface area is 149 Å². The zero-order valence-corrected chi connectivity index (χ0v) is 16.4. The summed E-state index contributed by atoms with van der Waals surface area (Å²) in [5.41, 5.74) is -0.189. The summed E-state index contributed by atoms with van der Waals surface area (Å²) in [6.07, 6.45) is 12.2. The molecule has 2 amide bonds. The molecular weight excluding hydrogens is 300 g/mol. The molecule has 2 N–H and O–H groups in total. The number of hydrogen-bond donors (Lipinski definition) is 2. The van der Waals surface area contributed by atoms with Crippen LogP contribution >= 0.6 is 0 Å². The van der Waals surface area contributed by atoms with Crippen molar-refractivity contribution in [3.63, 3.8) is 0 Å². The van der Waals surface area contributed by atoms with Crippen LogP contribution in [0.2, 0.25) is 0 Å². The van der Waals surface area contributed by atoms with Crippen LogP contribution in [0.25, 0.3) is 0 Å². The zero-order chi connectivity index (χ0) is 18.0. The topological polar surface area (TPSA) is 52.6 Å². The number of carbonyl (C=O) groups excluding carboxylic acids is 1. The van der Waals surface area contributed by atoms with Crippen molar-refractivity contribution in [3.05, 3.63) is 0 Å². The lowest BCUT2D eigenvalue weighted by atomic mass is 9.92. The van der Waals surface area contributed by atoms with E-state index >= 15 is 0 Å². The number of carbonyl (C=O) groups is 1. The lowest BCUT2D eigenvalue weighted by molar-refractivity contribution is 0.0824. The van der Waals surface area contributed by atoms with E-state index in [0.29, 0.717) is 0 Å². The van der Waals surface area contributed by atoms with Gasteiger partial charge in [0.25, 0.3) is 0 Å². The minimum absolute atomic E-state index is 0.0144.